The zero-order valence-corrected chi connectivity index (χ0v) is 14.6. The molecule has 1 atom stereocenters. The van der Waals surface area contributed by atoms with Crippen LogP contribution in [0.3, 0.4) is 0 Å². The molecule has 27 heavy (non-hydrogen) atoms. The van der Waals surface area contributed by atoms with E-state index >= 15 is 0 Å². The molecule has 0 aromatic carbocycles. The first-order valence-electron chi connectivity index (χ1n) is 8.74. The Morgan fingerprint density at radius 1 is 1.00 bits per heavy atom. The average molecular weight is 362 g/mol. The van der Waals surface area contributed by atoms with Crippen LogP contribution >= 0.6 is 0 Å². The number of amides is 1. The van der Waals surface area contributed by atoms with E-state index in [2.05, 4.69) is 35.2 Å². The fourth-order valence-corrected chi connectivity index (χ4v) is 3.14. The largest absolute Gasteiger partial charge is 0.329 e. The van der Waals surface area contributed by atoms with Crippen LogP contribution in [-0.4, -0.2) is 47.3 Å². The Morgan fingerprint density at radius 3 is 2.63 bits per heavy atom. The van der Waals surface area contributed by atoms with Crippen LogP contribution in [0.4, 0.5) is 11.8 Å². The standard InChI is InChI=1S/C18H18N8O/c27-17(14-11-19-6-8-21-14)26-10-2-1-3-15(26)13-4-5-23-18(24-13)25-16-12-20-7-9-22-16/h4-9,11-12,15H,1-3,10H2,(H,22,23,24,25). The third-order valence-corrected chi connectivity index (χ3v) is 4.37. The Bertz CT molecular complexity index is 906. The molecule has 3 aromatic heterocycles. The highest BCUT2D eigenvalue weighted by Gasteiger charge is 2.30. The summed E-state index contributed by atoms with van der Waals surface area (Å²) in [5, 5.41) is 3.04. The van der Waals surface area contributed by atoms with Gasteiger partial charge in [0, 0.05) is 37.5 Å². The number of rotatable bonds is 4. The molecule has 1 aliphatic heterocycles. The highest BCUT2D eigenvalue weighted by Crippen LogP contribution is 2.31. The van der Waals surface area contributed by atoms with Gasteiger partial charge >= 0.3 is 0 Å². The van der Waals surface area contributed by atoms with Crippen molar-refractivity contribution in [3.8, 4) is 0 Å². The quantitative estimate of drug-likeness (QED) is 0.752. The van der Waals surface area contributed by atoms with Crippen molar-refractivity contribution in [3.63, 3.8) is 0 Å². The summed E-state index contributed by atoms with van der Waals surface area (Å²) in [6.45, 7) is 0.664. The second-order valence-corrected chi connectivity index (χ2v) is 6.12. The number of hydrogen-bond donors (Lipinski definition) is 1. The van der Waals surface area contributed by atoms with Crippen LogP contribution in [-0.2, 0) is 0 Å². The van der Waals surface area contributed by atoms with Gasteiger partial charge in [-0.05, 0) is 25.3 Å². The van der Waals surface area contributed by atoms with Crippen LogP contribution in [0.25, 0.3) is 0 Å². The van der Waals surface area contributed by atoms with E-state index in [9.17, 15) is 4.79 Å². The normalized spacial score (nSPS) is 16.7. The highest BCUT2D eigenvalue weighted by atomic mass is 16.2. The Labute approximate surface area is 156 Å². The first-order chi connectivity index (χ1) is 13.3. The molecule has 9 heteroatoms. The monoisotopic (exact) mass is 362 g/mol. The smallest absolute Gasteiger partial charge is 0.274 e. The molecule has 9 nitrogen and oxygen atoms in total. The summed E-state index contributed by atoms with van der Waals surface area (Å²) >= 11 is 0. The maximum atomic E-state index is 12.9. The van der Waals surface area contributed by atoms with Crippen molar-refractivity contribution in [2.24, 2.45) is 0 Å². The van der Waals surface area contributed by atoms with E-state index in [1.807, 2.05) is 11.0 Å². The number of aromatic nitrogens is 6. The predicted molar refractivity (Wildman–Crippen MR) is 97.0 cm³/mol. The Hall–Kier alpha value is -3.49. The summed E-state index contributed by atoms with van der Waals surface area (Å²) in [6.07, 6.45) is 13.9. The van der Waals surface area contributed by atoms with Crippen molar-refractivity contribution in [2.45, 2.75) is 25.3 Å². The molecular formula is C18H18N8O. The molecule has 1 saturated heterocycles. The summed E-state index contributed by atoms with van der Waals surface area (Å²) in [6, 6.07) is 1.72. The van der Waals surface area contributed by atoms with E-state index in [0.29, 0.717) is 24.0 Å². The Morgan fingerprint density at radius 2 is 1.85 bits per heavy atom. The van der Waals surface area contributed by atoms with E-state index in [-0.39, 0.29) is 11.9 Å². The van der Waals surface area contributed by atoms with Gasteiger partial charge in [-0.2, -0.15) is 0 Å². The minimum absolute atomic E-state index is 0.126. The molecule has 1 amide bonds. The lowest BCUT2D eigenvalue weighted by Crippen LogP contribution is -2.39. The van der Waals surface area contributed by atoms with Crippen molar-refractivity contribution in [2.75, 3.05) is 11.9 Å². The Balaban J connectivity index is 1.58. The molecule has 3 aromatic rings. The van der Waals surface area contributed by atoms with Crippen LogP contribution in [0.2, 0.25) is 0 Å². The molecule has 1 N–H and O–H groups in total. The zero-order chi connectivity index (χ0) is 18.5. The van der Waals surface area contributed by atoms with Crippen molar-refractivity contribution in [3.05, 3.63) is 60.8 Å². The van der Waals surface area contributed by atoms with Gasteiger partial charge in [-0.3, -0.25) is 14.8 Å². The number of nitrogens with one attached hydrogen (secondary N) is 1. The minimum Gasteiger partial charge on any atom is -0.329 e. The number of piperidine rings is 1. The fourth-order valence-electron chi connectivity index (χ4n) is 3.14. The number of carbonyl (C=O) groups excluding carboxylic acids is 1. The van der Waals surface area contributed by atoms with Gasteiger partial charge in [0.1, 0.15) is 5.69 Å². The minimum atomic E-state index is -0.130. The molecule has 0 saturated carbocycles. The lowest BCUT2D eigenvalue weighted by Gasteiger charge is -2.35. The number of nitrogens with zero attached hydrogens (tertiary/aromatic N) is 7. The molecule has 0 spiro atoms. The van der Waals surface area contributed by atoms with Gasteiger partial charge in [0.15, 0.2) is 5.82 Å². The average Bonchev–Trinajstić information content (AvgIpc) is 2.75. The first kappa shape index (κ1) is 17.0. The Kier molecular flexibility index (Phi) is 4.91. The molecular weight excluding hydrogens is 344 g/mol. The van der Waals surface area contributed by atoms with Gasteiger partial charge in [0.25, 0.3) is 5.91 Å². The fraction of sp³-hybridized carbons (Fsp3) is 0.278. The molecule has 136 valence electrons. The highest BCUT2D eigenvalue weighted by molar-refractivity contribution is 5.92. The summed E-state index contributed by atoms with van der Waals surface area (Å²) in [5.74, 6) is 0.853. The maximum absolute atomic E-state index is 12.9. The van der Waals surface area contributed by atoms with E-state index < -0.39 is 0 Å². The lowest BCUT2D eigenvalue weighted by atomic mass is 9.98. The predicted octanol–water partition coefficient (Wildman–Crippen LogP) is 2.17. The van der Waals surface area contributed by atoms with Crippen LogP contribution in [0, 0.1) is 0 Å². The molecule has 1 fully saturated rings. The topological polar surface area (TPSA) is 110 Å². The van der Waals surface area contributed by atoms with Crippen LogP contribution in [0.15, 0.2) is 49.4 Å². The summed E-state index contributed by atoms with van der Waals surface area (Å²) in [4.78, 5) is 39.9. The van der Waals surface area contributed by atoms with E-state index in [0.717, 1.165) is 25.0 Å². The lowest BCUT2D eigenvalue weighted by molar-refractivity contribution is 0.0599. The second-order valence-electron chi connectivity index (χ2n) is 6.12. The van der Waals surface area contributed by atoms with Crippen LogP contribution in [0.1, 0.15) is 41.5 Å². The van der Waals surface area contributed by atoms with Gasteiger partial charge in [-0.15, -0.1) is 0 Å². The number of anilines is 2. The molecule has 0 radical (unpaired) electrons. The number of carbonyl (C=O) groups is 1. The van der Waals surface area contributed by atoms with Crippen molar-refractivity contribution in [1.82, 2.24) is 34.8 Å². The van der Waals surface area contributed by atoms with Crippen molar-refractivity contribution >= 4 is 17.7 Å². The van der Waals surface area contributed by atoms with Crippen LogP contribution in [0.5, 0.6) is 0 Å². The summed E-state index contributed by atoms with van der Waals surface area (Å²) in [5.41, 5.74) is 1.13. The van der Waals surface area contributed by atoms with Crippen molar-refractivity contribution in [1.29, 1.82) is 0 Å². The van der Waals surface area contributed by atoms with E-state index in [1.165, 1.54) is 12.4 Å². The molecule has 4 heterocycles. The van der Waals surface area contributed by atoms with E-state index in [1.54, 1.807) is 31.0 Å². The van der Waals surface area contributed by atoms with Gasteiger partial charge in [-0.1, -0.05) is 0 Å². The second kappa shape index (κ2) is 7.81. The maximum Gasteiger partial charge on any atom is 0.274 e. The SMILES string of the molecule is O=C(c1cnccn1)N1CCCCC1c1ccnc(Nc2cnccn2)n1. The van der Waals surface area contributed by atoms with Crippen LogP contribution < -0.4 is 5.32 Å². The summed E-state index contributed by atoms with van der Waals surface area (Å²) < 4.78 is 0. The molecule has 0 bridgehead atoms. The number of hydrogen-bond acceptors (Lipinski definition) is 8. The van der Waals surface area contributed by atoms with Crippen molar-refractivity contribution < 1.29 is 4.79 Å². The third-order valence-electron chi connectivity index (χ3n) is 4.37. The molecule has 4 rings (SSSR count). The van der Waals surface area contributed by atoms with Gasteiger partial charge in [-0.25, -0.2) is 19.9 Å². The first-order valence-corrected chi connectivity index (χ1v) is 8.74. The molecule has 1 unspecified atom stereocenters. The van der Waals surface area contributed by atoms with Gasteiger partial charge < -0.3 is 10.2 Å². The number of likely N-dealkylation sites (tertiary alicyclic amines) is 1. The molecule has 1 aliphatic rings. The van der Waals surface area contributed by atoms with Gasteiger partial charge in [0.2, 0.25) is 5.95 Å². The van der Waals surface area contributed by atoms with E-state index in [4.69, 9.17) is 0 Å². The zero-order valence-electron chi connectivity index (χ0n) is 14.6. The summed E-state index contributed by atoms with van der Waals surface area (Å²) in [7, 11) is 0. The molecule has 0 aliphatic carbocycles. The van der Waals surface area contributed by atoms with Gasteiger partial charge in [0.05, 0.1) is 24.1 Å². The third kappa shape index (κ3) is 3.86.